The van der Waals surface area contributed by atoms with E-state index in [2.05, 4.69) is 10.3 Å². The predicted octanol–water partition coefficient (Wildman–Crippen LogP) is 2.68. The smallest absolute Gasteiger partial charge is 0.326 e. The van der Waals surface area contributed by atoms with Crippen LogP contribution in [-0.4, -0.2) is 32.6 Å². The lowest BCUT2D eigenvalue weighted by molar-refractivity contribution is -0.139. The Balaban J connectivity index is 1.92. The molecule has 0 aromatic carbocycles. The number of aromatic nitrogens is 2. The highest BCUT2D eigenvalue weighted by atomic mass is 32.2. The van der Waals surface area contributed by atoms with Gasteiger partial charge in [-0.25, -0.2) is 9.78 Å². The number of furan rings is 1. The van der Waals surface area contributed by atoms with Crippen molar-refractivity contribution in [3.05, 3.63) is 36.0 Å². The maximum absolute atomic E-state index is 12.1. The molecule has 2 rings (SSSR count). The zero-order valence-electron chi connectivity index (χ0n) is 13.7. The molecule has 0 spiro atoms. The van der Waals surface area contributed by atoms with Crippen molar-refractivity contribution in [2.75, 3.05) is 0 Å². The molecule has 7 nitrogen and oxygen atoms in total. The summed E-state index contributed by atoms with van der Waals surface area (Å²) in [6.07, 6.45) is 5.58. The van der Waals surface area contributed by atoms with E-state index < -0.39 is 17.9 Å². The van der Waals surface area contributed by atoms with Gasteiger partial charge < -0.3 is 19.4 Å². The number of hydrogen-bond donors (Lipinski definition) is 2. The summed E-state index contributed by atoms with van der Waals surface area (Å²) in [7, 11) is 1.90. The Morgan fingerprint density at radius 3 is 2.88 bits per heavy atom. The summed E-state index contributed by atoms with van der Waals surface area (Å²) in [6.45, 7) is 1.97. The number of carboxylic acid groups (broad SMARTS) is 1. The van der Waals surface area contributed by atoms with E-state index in [-0.39, 0.29) is 5.76 Å². The highest BCUT2D eigenvalue weighted by Gasteiger charge is 2.21. The molecule has 8 heteroatoms. The Hall–Kier alpha value is -2.22. The van der Waals surface area contributed by atoms with Crippen molar-refractivity contribution in [2.24, 2.45) is 7.05 Å². The summed E-state index contributed by atoms with van der Waals surface area (Å²) >= 11 is 1.49. The average molecular weight is 351 g/mol. The third-order valence-corrected chi connectivity index (χ3v) is 4.54. The van der Waals surface area contributed by atoms with E-state index >= 15 is 0 Å². The van der Waals surface area contributed by atoms with E-state index in [1.807, 2.05) is 24.7 Å². The first-order valence-corrected chi connectivity index (χ1v) is 8.72. The molecule has 1 atom stereocenters. The predicted molar refractivity (Wildman–Crippen MR) is 89.9 cm³/mol. The molecule has 0 aliphatic rings. The zero-order valence-corrected chi connectivity index (χ0v) is 14.5. The van der Waals surface area contributed by atoms with Gasteiger partial charge in [-0.15, -0.1) is 0 Å². The first-order valence-electron chi connectivity index (χ1n) is 7.73. The molecule has 0 saturated carbocycles. The summed E-state index contributed by atoms with van der Waals surface area (Å²) < 4.78 is 7.40. The largest absolute Gasteiger partial charge is 0.480 e. The van der Waals surface area contributed by atoms with Crippen LogP contribution in [0.15, 0.2) is 34.1 Å². The molecule has 0 fully saturated rings. The third-order valence-electron chi connectivity index (χ3n) is 3.46. The number of amides is 1. The molecule has 130 valence electrons. The van der Waals surface area contributed by atoms with Crippen molar-refractivity contribution in [3.8, 4) is 0 Å². The van der Waals surface area contributed by atoms with E-state index in [4.69, 9.17) is 9.52 Å². The number of rotatable bonds is 9. The molecular weight excluding hydrogens is 330 g/mol. The molecule has 0 aliphatic heterocycles. The summed E-state index contributed by atoms with van der Waals surface area (Å²) in [5.74, 6) is -0.251. The summed E-state index contributed by atoms with van der Waals surface area (Å²) in [6, 6.07) is 2.38. The van der Waals surface area contributed by atoms with Crippen molar-refractivity contribution < 1.29 is 19.1 Å². The molecule has 24 heavy (non-hydrogen) atoms. The Labute approximate surface area is 144 Å². The molecular formula is C16H21N3O4S. The number of aliphatic carboxylic acids is 1. The minimum absolute atomic E-state index is 0.119. The van der Waals surface area contributed by atoms with Gasteiger partial charge >= 0.3 is 5.97 Å². The number of imidazole rings is 1. The molecule has 1 unspecified atom stereocenters. The van der Waals surface area contributed by atoms with Crippen molar-refractivity contribution in [1.29, 1.82) is 0 Å². The van der Waals surface area contributed by atoms with Crippen LogP contribution in [0.25, 0.3) is 0 Å². The minimum atomic E-state index is -1.03. The van der Waals surface area contributed by atoms with Crippen molar-refractivity contribution in [3.63, 3.8) is 0 Å². The number of carbonyl (C=O) groups excluding carboxylic acids is 1. The highest BCUT2D eigenvalue weighted by Crippen LogP contribution is 2.22. The number of thioether (sulfide) groups is 1. The van der Waals surface area contributed by atoms with Gasteiger partial charge in [-0.3, -0.25) is 4.79 Å². The number of nitrogens with zero attached hydrogens (tertiary/aromatic N) is 2. The Morgan fingerprint density at radius 1 is 1.46 bits per heavy atom. The van der Waals surface area contributed by atoms with Gasteiger partial charge in [-0.1, -0.05) is 31.5 Å². The zero-order chi connectivity index (χ0) is 17.5. The fraction of sp³-hybridized carbons (Fsp3) is 0.438. The normalized spacial score (nSPS) is 12.1. The monoisotopic (exact) mass is 351 g/mol. The Bertz CT molecular complexity index is 695. The van der Waals surface area contributed by atoms with Gasteiger partial charge in [0.1, 0.15) is 11.8 Å². The van der Waals surface area contributed by atoms with E-state index in [9.17, 15) is 9.59 Å². The van der Waals surface area contributed by atoms with Gasteiger partial charge in [-0.05, 0) is 18.6 Å². The first kappa shape index (κ1) is 18.1. The lowest BCUT2D eigenvalue weighted by atomic mass is 10.1. The van der Waals surface area contributed by atoms with Crippen LogP contribution >= 0.6 is 11.8 Å². The van der Waals surface area contributed by atoms with Gasteiger partial charge in [0, 0.05) is 19.4 Å². The van der Waals surface area contributed by atoms with Crippen LogP contribution in [0.1, 0.15) is 42.5 Å². The van der Waals surface area contributed by atoms with Crippen LogP contribution in [0.5, 0.6) is 0 Å². The van der Waals surface area contributed by atoms with Gasteiger partial charge in [-0.2, -0.15) is 0 Å². The minimum Gasteiger partial charge on any atom is -0.480 e. The number of carboxylic acids is 1. The number of aryl methyl sites for hydroxylation is 1. The molecule has 2 heterocycles. The maximum atomic E-state index is 12.1. The van der Waals surface area contributed by atoms with Crippen molar-refractivity contribution >= 4 is 23.6 Å². The third kappa shape index (κ3) is 4.89. The van der Waals surface area contributed by atoms with Gasteiger partial charge in [0.15, 0.2) is 10.9 Å². The fourth-order valence-electron chi connectivity index (χ4n) is 2.10. The quantitative estimate of drug-likeness (QED) is 0.674. The number of hydrogen-bond acceptors (Lipinski definition) is 5. The summed E-state index contributed by atoms with van der Waals surface area (Å²) in [5.41, 5.74) is 0. The molecule has 1 amide bonds. The lowest BCUT2D eigenvalue weighted by Gasteiger charge is -2.12. The second-order valence-electron chi connectivity index (χ2n) is 5.38. The molecule has 0 saturated heterocycles. The topological polar surface area (TPSA) is 97.4 Å². The van der Waals surface area contributed by atoms with Crippen LogP contribution in [0.2, 0.25) is 0 Å². The Kier molecular flexibility index (Phi) is 6.48. The van der Waals surface area contributed by atoms with Crippen LogP contribution < -0.4 is 5.32 Å². The van der Waals surface area contributed by atoms with Gasteiger partial charge in [0.05, 0.1) is 5.75 Å². The number of unbranched alkanes of at least 4 members (excludes halogenated alkanes) is 1. The second kappa shape index (κ2) is 8.58. The molecule has 2 N–H and O–H groups in total. The fourth-order valence-corrected chi connectivity index (χ4v) is 2.93. The van der Waals surface area contributed by atoms with Crippen LogP contribution in [0.4, 0.5) is 0 Å². The van der Waals surface area contributed by atoms with Crippen molar-refractivity contribution in [2.45, 2.75) is 43.1 Å². The molecule has 0 aliphatic carbocycles. The van der Waals surface area contributed by atoms with Gasteiger partial charge in [0.25, 0.3) is 5.91 Å². The Morgan fingerprint density at radius 2 is 2.25 bits per heavy atom. The van der Waals surface area contributed by atoms with Crippen LogP contribution in [-0.2, 0) is 17.6 Å². The maximum Gasteiger partial charge on any atom is 0.326 e. The molecule has 2 aromatic heterocycles. The highest BCUT2D eigenvalue weighted by molar-refractivity contribution is 7.98. The van der Waals surface area contributed by atoms with Gasteiger partial charge in [0.2, 0.25) is 0 Å². The number of nitrogens with one attached hydrogen (secondary N) is 1. The second-order valence-corrected chi connectivity index (χ2v) is 6.32. The lowest BCUT2D eigenvalue weighted by Crippen LogP contribution is -2.40. The molecule has 0 bridgehead atoms. The van der Waals surface area contributed by atoms with E-state index in [1.165, 1.54) is 11.8 Å². The standard InChI is InChI=1S/C16H21N3O4S/c1-3-4-5-12(15(21)22)18-14(20)13-7-6-11(23-13)10-24-16-17-8-9-19(16)2/h6-9,12H,3-5,10H2,1-2H3,(H,18,20)(H,21,22). The molecule has 2 aromatic rings. The SMILES string of the molecule is CCCCC(NC(=O)c1ccc(CSc2nccn2C)o1)C(=O)O. The van der Waals surface area contributed by atoms with E-state index in [0.29, 0.717) is 17.9 Å². The van der Waals surface area contributed by atoms with E-state index in [1.54, 1.807) is 18.3 Å². The van der Waals surface area contributed by atoms with Crippen LogP contribution in [0.3, 0.4) is 0 Å². The van der Waals surface area contributed by atoms with Crippen molar-refractivity contribution in [1.82, 2.24) is 14.9 Å². The number of carbonyl (C=O) groups is 2. The average Bonchev–Trinajstić information content (AvgIpc) is 3.18. The first-order chi connectivity index (χ1) is 11.5. The summed E-state index contributed by atoms with van der Waals surface area (Å²) in [4.78, 5) is 27.5. The molecule has 0 radical (unpaired) electrons. The van der Waals surface area contributed by atoms with Crippen LogP contribution in [0, 0.1) is 0 Å². The summed E-state index contributed by atoms with van der Waals surface area (Å²) in [5, 5.41) is 12.5. The van der Waals surface area contributed by atoms with E-state index in [0.717, 1.165) is 18.0 Å².